The molecular weight excluding hydrogens is 302 g/mol. The van der Waals surface area contributed by atoms with Crippen molar-refractivity contribution in [2.45, 2.75) is 0 Å². The van der Waals surface area contributed by atoms with Gasteiger partial charge in [0.05, 0.1) is 13.2 Å². The van der Waals surface area contributed by atoms with Gasteiger partial charge < -0.3 is 19.9 Å². The highest BCUT2D eigenvalue weighted by molar-refractivity contribution is 6.04. The third kappa shape index (κ3) is 3.86. The van der Waals surface area contributed by atoms with Gasteiger partial charge in [-0.2, -0.15) is 0 Å². The van der Waals surface area contributed by atoms with Gasteiger partial charge in [-0.1, -0.05) is 0 Å². The summed E-state index contributed by atoms with van der Waals surface area (Å²) < 4.78 is 5.37. The van der Waals surface area contributed by atoms with Crippen LogP contribution in [0, 0.1) is 0 Å². The minimum atomic E-state index is -0.0978. The highest BCUT2D eigenvalue weighted by Crippen LogP contribution is 2.20. The lowest BCUT2D eigenvalue weighted by Crippen LogP contribution is -2.36. The van der Waals surface area contributed by atoms with E-state index in [0.717, 1.165) is 43.4 Å². The normalized spacial score (nSPS) is 14.3. The van der Waals surface area contributed by atoms with E-state index in [2.05, 4.69) is 10.2 Å². The second kappa shape index (κ2) is 7.36. The van der Waals surface area contributed by atoms with Crippen LogP contribution in [0.25, 0.3) is 0 Å². The summed E-state index contributed by atoms with van der Waals surface area (Å²) >= 11 is 0. The van der Waals surface area contributed by atoms with Crippen molar-refractivity contribution in [3.63, 3.8) is 0 Å². The SMILES string of the molecule is CN(C)c1ccc(C(=O)Nc2ccc(N3CCOCC3)cc2)cc1. The molecule has 1 amide bonds. The predicted octanol–water partition coefficient (Wildman–Crippen LogP) is 2.84. The number of hydrogen-bond donors (Lipinski definition) is 1. The van der Waals surface area contributed by atoms with Crippen LogP contribution in [0.2, 0.25) is 0 Å². The molecule has 2 aromatic carbocycles. The number of amides is 1. The topological polar surface area (TPSA) is 44.8 Å². The van der Waals surface area contributed by atoms with Crippen molar-refractivity contribution in [2.24, 2.45) is 0 Å². The predicted molar refractivity (Wildman–Crippen MR) is 98.2 cm³/mol. The first-order valence-corrected chi connectivity index (χ1v) is 8.15. The monoisotopic (exact) mass is 325 g/mol. The first-order valence-electron chi connectivity index (χ1n) is 8.15. The Morgan fingerprint density at radius 1 is 1.00 bits per heavy atom. The molecule has 0 atom stereocenters. The van der Waals surface area contributed by atoms with Gasteiger partial charge in [0.1, 0.15) is 0 Å². The fourth-order valence-corrected chi connectivity index (χ4v) is 2.69. The molecule has 1 aliphatic heterocycles. The summed E-state index contributed by atoms with van der Waals surface area (Å²) in [7, 11) is 3.95. The summed E-state index contributed by atoms with van der Waals surface area (Å²) in [6, 6.07) is 15.5. The Balaban J connectivity index is 1.63. The maximum atomic E-state index is 12.3. The molecule has 3 rings (SSSR count). The number of nitrogens with one attached hydrogen (secondary N) is 1. The van der Waals surface area contributed by atoms with Crippen LogP contribution in [0.4, 0.5) is 17.1 Å². The highest BCUT2D eigenvalue weighted by atomic mass is 16.5. The molecule has 2 aromatic rings. The lowest BCUT2D eigenvalue weighted by molar-refractivity contribution is 0.102. The van der Waals surface area contributed by atoms with E-state index in [-0.39, 0.29) is 5.91 Å². The molecule has 0 radical (unpaired) electrons. The number of hydrogen-bond acceptors (Lipinski definition) is 4. The van der Waals surface area contributed by atoms with Crippen LogP contribution < -0.4 is 15.1 Å². The van der Waals surface area contributed by atoms with Crippen LogP contribution in [0.5, 0.6) is 0 Å². The fraction of sp³-hybridized carbons (Fsp3) is 0.316. The maximum Gasteiger partial charge on any atom is 0.255 e. The highest BCUT2D eigenvalue weighted by Gasteiger charge is 2.11. The quantitative estimate of drug-likeness (QED) is 0.939. The van der Waals surface area contributed by atoms with Gasteiger partial charge in [-0.25, -0.2) is 0 Å². The number of ether oxygens (including phenoxy) is 1. The van der Waals surface area contributed by atoms with E-state index >= 15 is 0 Å². The third-order valence-electron chi connectivity index (χ3n) is 4.15. The van der Waals surface area contributed by atoms with Crippen molar-refractivity contribution < 1.29 is 9.53 Å². The summed E-state index contributed by atoms with van der Waals surface area (Å²) in [5.74, 6) is -0.0978. The Bertz CT molecular complexity index is 675. The zero-order valence-corrected chi connectivity index (χ0v) is 14.2. The van der Waals surface area contributed by atoms with E-state index in [1.807, 2.05) is 67.5 Å². The summed E-state index contributed by atoms with van der Waals surface area (Å²) in [4.78, 5) is 16.6. The molecule has 1 aliphatic rings. The van der Waals surface area contributed by atoms with Crippen molar-refractivity contribution in [3.8, 4) is 0 Å². The van der Waals surface area contributed by atoms with Crippen LogP contribution >= 0.6 is 0 Å². The minimum absolute atomic E-state index is 0.0978. The second-order valence-electron chi connectivity index (χ2n) is 6.04. The van der Waals surface area contributed by atoms with E-state index in [9.17, 15) is 4.79 Å². The molecule has 0 unspecified atom stereocenters. The van der Waals surface area contributed by atoms with Crippen LogP contribution in [-0.4, -0.2) is 46.3 Å². The van der Waals surface area contributed by atoms with E-state index < -0.39 is 0 Å². The Kier molecular flexibility index (Phi) is 5.01. The van der Waals surface area contributed by atoms with Gasteiger partial charge in [-0.3, -0.25) is 4.79 Å². The lowest BCUT2D eigenvalue weighted by atomic mass is 10.1. The number of carbonyl (C=O) groups is 1. The molecule has 5 nitrogen and oxygen atoms in total. The van der Waals surface area contributed by atoms with Crippen molar-refractivity contribution in [2.75, 3.05) is 55.5 Å². The van der Waals surface area contributed by atoms with Gasteiger partial charge >= 0.3 is 0 Å². The van der Waals surface area contributed by atoms with Gasteiger partial charge in [-0.15, -0.1) is 0 Å². The molecule has 1 fully saturated rings. The van der Waals surface area contributed by atoms with Crippen LogP contribution in [0.3, 0.4) is 0 Å². The average Bonchev–Trinajstić information content (AvgIpc) is 2.63. The fourth-order valence-electron chi connectivity index (χ4n) is 2.69. The molecule has 5 heteroatoms. The summed E-state index contributed by atoms with van der Waals surface area (Å²) in [6.45, 7) is 3.34. The zero-order chi connectivity index (χ0) is 16.9. The van der Waals surface area contributed by atoms with Gasteiger partial charge in [0.25, 0.3) is 5.91 Å². The standard InChI is InChI=1S/C19H23N3O2/c1-21(2)17-7-3-15(4-8-17)19(23)20-16-5-9-18(10-6-16)22-11-13-24-14-12-22/h3-10H,11-14H2,1-2H3,(H,20,23). The largest absolute Gasteiger partial charge is 0.378 e. The van der Waals surface area contributed by atoms with E-state index in [0.29, 0.717) is 5.56 Å². The van der Waals surface area contributed by atoms with E-state index in [1.54, 1.807) is 0 Å². The first kappa shape index (κ1) is 16.3. The van der Waals surface area contributed by atoms with Gasteiger partial charge in [0, 0.05) is 49.8 Å². The molecule has 0 spiro atoms. The Hall–Kier alpha value is -2.53. The molecule has 1 heterocycles. The Morgan fingerprint density at radius 3 is 2.21 bits per heavy atom. The minimum Gasteiger partial charge on any atom is -0.378 e. The van der Waals surface area contributed by atoms with Crippen molar-refractivity contribution >= 4 is 23.0 Å². The molecular formula is C19H23N3O2. The molecule has 0 bridgehead atoms. The molecule has 1 N–H and O–H groups in total. The van der Waals surface area contributed by atoms with Crippen molar-refractivity contribution in [1.82, 2.24) is 0 Å². The second-order valence-corrected chi connectivity index (χ2v) is 6.04. The lowest BCUT2D eigenvalue weighted by Gasteiger charge is -2.28. The van der Waals surface area contributed by atoms with Crippen LogP contribution in [-0.2, 0) is 4.74 Å². The maximum absolute atomic E-state index is 12.3. The number of nitrogens with zero attached hydrogens (tertiary/aromatic N) is 2. The van der Waals surface area contributed by atoms with Crippen LogP contribution in [0.15, 0.2) is 48.5 Å². The van der Waals surface area contributed by atoms with E-state index in [1.165, 1.54) is 0 Å². The molecule has 0 saturated carbocycles. The smallest absolute Gasteiger partial charge is 0.255 e. The Labute approximate surface area is 142 Å². The summed E-state index contributed by atoms with van der Waals surface area (Å²) in [5, 5.41) is 2.94. The molecule has 24 heavy (non-hydrogen) atoms. The molecule has 0 aromatic heterocycles. The van der Waals surface area contributed by atoms with Gasteiger partial charge in [0.15, 0.2) is 0 Å². The molecule has 1 saturated heterocycles. The number of anilines is 3. The molecule has 126 valence electrons. The molecule has 0 aliphatic carbocycles. The van der Waals surface area contributed by atoms with E-state index in [4.69, 9.17) is 4.74 Å². The number of benzene rings is 2. The Morgan fingerprint density at radius 2 is 1.62 bits per heavy atom. The van der Waals surface area contributed by atoms with Gasteiger partial charge in [0.2, 0.25) is 0 Å². The zero-order valence-electron chi connectivity index (χ0n) is 14.2. The summed E-state index contributed by atoms with van der Waals surface area (Å²) in [5.41, 5.74) is 3.68. The number of rotatable bonds is 4. The first-order chi connectivity index (χ1) is 11.6. The van der Waals surface area contributed by atoms with Gasteiger partial charge in [-0.05, 0) is 48.5 Å². The third-order valence-corrected chi connectivity index (χ3v) is 4.15. The number of morpholine rings is 1. The number of carbonyl (C=O) groups excluding carboxylic acids is 1. The van der Waals surface area contributed by atoms with Crippen molar-refractivity contribution in [3.05, 3.63) is 54.1 Å². The van der Waals surface area contributed by atoms with Crippen LogP contribution in [0.1, 0.15) is 10.4 Å². The summed E-state index contributed by atoms with van der Waals surface area (Å²) in [6.07, 6.45) is 0. The average molecular weight is 325 g/mol. The van der Waals surface area contributed by atoms with Crippen molar-refractivity contribution in [1.29, 1.82) is 0 Å².